The number of halogens is 3. The molecular formula is C25H17Br3N2O4. The Morgan fingerprint density at radius 1 is 0.941 bits per heavy atom. The van der Waals surface area contributed by atoms with Gasteiger partial charge in [-0.3, -0.25) is 14.9 Å². The molecule has 0 aromatic heterocycles. The monoisotopic (exact) mass is 646 g/mol. The average molecular weight is 649 g/mol. The van der Waals surface area contributed by atoms with Crippen molar-refractivity contribution in [3.05, 3.63) is 96.3 Å². The molecule has 4 rings (SSSR count). The molecule has 0 radical (unpaired) electrons. The molecule has 0 aliphatic carbocycles. The van der Waals surface area contributed by atoms with Crippen molar-refractivity contribution in [1.29, 1.82) is 0 Å². The molecule has 4 amide bonds. The average Bonchev–Trinajstić information content (AvgIpc) is 2.78. The molecule has 3 aromatic rings. The number of urea groups is 1. The summed E-state index contributed by atoms with van der Waals surface area (Å²) < 4.78 is 8.48. The number of nitrogens with zero attached hydrogens (tertiary/aromatic N) is 1. The minimum atomic E-state index is -0.794. The standard InChI is InChI=1S/C25H17Br3N2O4/c1-14-10-17(26)6-8-21(14)30-24(32)19(23(31)29-25(30)33)12-16-11-18(27)7-9-22(16)34-13-15-4-2-3-5-20(15)28/h2-12H,13H2,1H3,(H,29,31,33)/b19-12-. The van der Waals surface area contributed by atoms with Crippen molar-refractivity contribution in [3.63, 3.8) is 0 Å². The molecule has 0 spiro atoms. The second-order valence-corrected chi connectivity index (χ2v) is 10.1. The minimum Gasteiger partial charge on any atom is -0.488 e. The molecule has 6 nitrogen and oxygen atoms in total. The van der Waals surface area contributed by atoms with Gasteiger partial charge in [-0.15, -0.1) is 0 Å². The van der Waals surface area contributed by atoms with Gasteiger partial charge >= 0.3 is 6.03 Å². The van der Waals surface area contributed by atoms with Crippen LogP contribution in [0.3, 0.4) is 0 Å². The summed E-state index contributed by atoms with van der Waals surface area (Å²) in [7, 11) is 0. The van der Waals surface area contributed by atoms with Crippen LogP contribution in [0.15, 0.2) is 79.7 Å². The van der Waals surface area contributed by atoms with Gasteiger partial charge in [0.1, 0.15) is 17.9 Å². The van der Waals surface area contributed by atoms with Gasteiger partial charge < -0.3 is 4.74 Å². The smallest absolute Gasteiger partial charge is 0.335 e. The Bertz CT molecular complexity index is 1350. The highest BCUT2D eigenvalue weighted by atomic mass is 79.9. The number of imide groups is 2. The van der Waals surface area contributed by atoms with Crippen molar-refractivity contribution in [3.8, 4) is 5.75 Å². The van der Waals surface area contributed by atoms with Crippen molar-refractivity contribution < 1.29 is 19.1 Å². The number of barbiturate groups is 1. The zero-order valence-electron chi connectivity index (χ0n) is 17.8. The summed E-state index contributed by atoms with van der Waals surface area (Å²) in [5, 5.41) is 2.26. The number of carbonyl (C=O) groups excluding carboxylic acids is 3. The number of benzene rings is 3. The van der Waals surface area contributed by atoms with E-state index in [1.807, 2.05) is 24.3 Å². The Hall–Kier alpha value is -2.75. The maximum absolute atomic E-state index is 13.3. The van der Waals surface area contributed by atoms with Crippen LogP contribution in [0.25, 0.3) is 6.08 Å². The van der Waals surface area contributed by atoms with Gasteiger partial charge in [0.25, 0.3) is 11.8 Å². The van der Waals surface area contributed by atoms with Crippen LogP contribution in [-0.4, -0.2) is 17.8 Å². The van der Waals surface area contributed by atoms with Crippen molar-refractivity contribution in [2.75, 3.05) is 4.90 Å². The summed E-state index contributed by atoms with van der Waals surface area (Å²) in [5.74, 6) is -0.996. The molecule has 1 fully saturated rings. The molecule has 0 bridgehead atoms. The largest absolute Gasteiger partial charge is 0.488 e. The lowest BCUT2D eigenvalue weighted by atomic mass is 10.0. The van der Waals surface area contributed by atoms with Gasteiger partial charge in [0.2, 0.25) is 0 Å². The zero-order chi connectivity index (χ0) is 24.4. The molecule has 3 aromatic carbocycles. The molecule has 1 heterocycles. The van der Waals surface area contributed by atoms with Crippen LogP contribution >= 0.6 is 47.8 Å². The quantitative estimate of drug-likeness (QED) is 0.252. The molecule has 9 heteroatoms. The molecule has 0 atom stereocenters. The van der Waals surface area contributed by atoms with E-state index in [2.05, 4.69) is 53.1 Å². The van der Waals surface area contributed by atoms with Crippen LogP contribution < -0.4 is 15.0 Å². The lowest BCUT2D eigenvalue weighted by Crippen LogP contribution is -2.54. The van der Waals surface area contributed by atoms with Crippen LogP contribution in [-0.2, 0) is 16.2 Å². The van der Waals surface area contributed by atoms with E-state index in [0.29, 0.717) is 22.6 Å². The number of aryl methyl sites for hydroxylation is 1. The number of amides is 4. The highest BCUT2D eigenvalue weighted by Gasteiger charge is 2.37. The third-order valence-corrected chi connectivity index (χ3v) is 6.87. The molecule has 34 heavy (non-hydrogen) atoms. The Balaban J connectivity index is 1.70. The first-order valence-electron chi connectivity index (χ1n) is 10.1. The molecule has 1 aliphatic heterocycles. The molecule has 1 saturated heterocycles. The first-order chi connectivity index (χ1) is 16.2. The van der Waals surface area contributed by atoms with Crippen LogP contribution in [0.5, 0.6) is 5.75 Å². The Kier molecular flexibility index (Phi) is 7.35. The van der Waals surface area contributed by atoms with E-state index >= 15 is 0 Å². The van der Waals surface area contributed by atoms with E-state index in [-0.39, 0.29) is 12.2 Å². The summed E-state index contributed by atoms with van der Waals surface area (Å²) in [4.78, 5) is 39.5. The Morgan fingerprint density at radius 2 is 1.65 bits per heavy atom. The lowest BCUT2D eigenvalue weighted by molar-refractivity contribution is -0.122. The second kappa shape index (κ2) is 10.2. The van der Waals surface area contributed by atoms with Gasteiger partial charge in [-0.05, 0) is 61.0 Å². The predicted octanol–water partition coefficient (Wildman–Crippen LogP) is 6.53. The summed E-state index contributed by atoms with van der Waals surface area (Å²) >= 11 is 10.3. The number of anilines is 1. The van der Waals surface area contributed by atoms with Gasteiger partial charge in [0.05, 0.1) is 5.69 Å². The van der Waals surface area contributed by atoms with Crippen molar-refractivity contribution in [2.45, 2.75) is 13.5 Å². The number of ether oxygens (including phenoxy) is 1. The first-order valence-corrected chi connectivity index (χ1v) is 12.5. The van der Waals surface area contributed by atoms with E-state index in [4.69, 9.17) is 4.74 Å². The number of hydrogen-bond donors (Lipinski definition) is 1. The third kappa shape index (κ3) is 5.16. The van der Waals surface area contributed by atoms with Crippen LogP contribution in [0.1, 0.15) is 16.7 Å². The summed E-state index contributed by atoms with van der Waals surface area (Å²) in [6.07, 6.45) is 1.44. The molecule has 0 saturated carbocycles. The van der Waals surface area contributed by atoms with E-state index in [0.717, 1.165) is 23.9 Å². The maximum atomic E-state index is 13.3. The maximum Gasteiger partial charge on any atom is 0.335 e. The topological polar surface area (TPSA) is 75.7 Å². The molecule has 1 N–H and O–H groups in total. The van der Waals surface area contributed by atoms with E-state index in [9.17, 15) is 14.4 Å². The zero-order valence-corrected chi connectivity index (χ0v) is 22.5. The van der Waals surface area contributed by atoms with Gasteiger partial charge in [-0.2, -0.15) is 0 Å². The third-order valence-electron chi connectivity index (χ3n) is 5.11. The normalized spacial score (nSPS) is 15.0. The SMILES string of the molecule is Cc1cc(Br)ccc1N1C(=O)NC(=O)/C(=C/c2cc(Br)ccc2OCc2ccccc2Br)C1=O. The van der Waals surface area contributed by atoms with Crippen LogP contribution in [0.4, 0.5) is 10.5 Å². The van der Waals surface area contributed by atoms with Gasteiger partial charge in [-0.1, -0.05) is 66.0 Å². The van der Waals surface area contributed by atoms with Gasteiger partial charge in [0.15, 0.2) is 0 Å². The van der Waals surface area contributed by atoms with Crippen molar-refractivity contribution >= 4 is 77.4 Å². The Morgan fingerprint density at radius 3 is 2.38 bits per heavy atom. The van der Waals surface area contributed by atoms with Gasteiger partial charge in [0, 0.05) is 24.5 Å². The number of nitrogens with one attached hydrogen (secondary N) is 1. The highest BCUT2D eigenvalue weighted by Crippen LogP contribution is 2.31. The fourth-order valence-corrected chi connectivity index (χ4v) is 4.69. The summed E-state index contributed by atoms with van der Waals surface area (Å²) in [6.45, 7) is 2.06. The van der Waals surface area contributed by atoms with Crippen LogP contribution in [0, 0.1) is 6.92 Å². The molecule has 0 unspecified atom stereocenters. The van der Waals surface area contributed by atoms with E-state index < -0.39 is 17.8 Å². The van der Waals surface area contributed by atoms with Crippen molar-refractivity contribution in [1.82, 2.24) is 5.32 Å². The Labute approximate surface area is 221 Å². The number of hydrogen-bond acceptors (Lipinski definition) is 4. The number of carbonyl (C=O) groups is 3. The summed E-state index contributed by atoms with van der Waals surface area (Å²) in [5.41, 5.74) is 2.38. The van der Waals surface area contributed by atoms with E-state index in [1.54, 1.807) is 43.3 Å². The fraction of sp³-hybridized carbons (Fsp3) is 0.0800. The minimum absolute atomic E-state index is 0.175. The number of rotatable bonds is 5. The second-order valence-electron chi connectivity index (χ2n) is 7.45. The predicted molar refractivity (Wildman–Crippen MR) is 140 cm³/mol. The lowest BCUT2D eigenvalue weighted by Gasteiger charge is -2.27. The van der Waals surface area contributed by atoms with Crippen LogP contribution in [0.2, 0.25) is 0 Å². The molecule has 172 valence electrons. The van der Waals surface area contributed by atoms with Gasteiger partial charge in [-0.25, -0.2) is 9.69 Å². The molecular weight excluding hydrogens is 632 g/mol. The molecule has 1 aliphatic rings. The van der Waals surface area contributed by atoms with Crippen molar-refractivity contribution in [2.24, 2.45) is 0 Å². The fourth-order valence-electron chi connectivity index (χ4n) is 3.44. The van der Waals surface area contributed by atoms with E-state index in [1.165, 1.54) is 6.08 Å². The highest BCUT2D eigenvalue weighted by molar-refractivity contribution is 9.11. The summed E-state index contributed by atoms with van der Waals surface area (Å²) in [6, 6.07) is 17.4. The first kappa shape index (κ1) is 24.4.